The summed E-state index contributed by atoms with van der Waals surface area (Å²) < 4.78 is 26.4. The number of allylic oxidation sites excluding steroid dienone is 1. The van der Waals surface area contributed by atoms with Crippen LogP contribution in [0.4, 0.5) is 4.79 Å². The van der Waals surface area contributed by atoms with Crippen molar-refractivity contribution < 1.29 is 18.3 Å². The third kappa shape index (κ3) is 6.79. The highest BCUT2D eigenvalue weighted by molar-refractivity contribution is 7.89. The lowest BCUT2D eigenvalue weighted by Gasteiger charge is -2.27. The minimum absolute atomic E-state index is 0.271. The molecule has 6 nitrogen and oxygen atoms in total. The summed E-state index contributed by atoms with van der Waals surface area (Å²) in [5.74, 6) is 0. The number of amides is 1. The molecular formula is C20H24N2O4S. The molecule has 0 saturated carbocycles. The number of sulfonamides is 1. The Balaban J connectivity index is 0.000000313. The van der Waals surface area contributed by atoms with Crippen LogP contribution >= 0.6 is 0 Å². The molecule has 7 heteroatoms. The van der Waals surface area contributed by atoms with E-state index in [1.807, 2.05) is 37.3 Å². The molecule has 0 spiro atoms. The van der Waals surface area contributed by atoms with E-state index in [1.165, 1.54) is 11.1 Å². The van der Waals surface area contributed by atoms with Gasteiger partial charge in [0.2, 0.25) is 0 Å². The van der Waals surface area contributed by atoms with Crippen LogP contribution in [-0.2, 0) is 16.4 Å². The van der Waals surface area contributed by atoms with Gasteiger partial charge in [-0.3, -0.25) is 4.72 Å². The van der Waals surface area contributed by atoms with Gasteiger partial charge in [0.05, 0.1) is 4.90 Å². The van der Waals surface area contributed by atoms with E-state index < -0.39 is 16.1 Å². The number of nitrogens with one attached hydrogen (secondary N) is 1. The maximum absolute atomic E-state index is 12.0. The number of nitrogens with zero attached hydrogens (tertiary/aromatic N) is 1. The summed E-state index contributed by atoms with van der Waals surface area (Å²) in [4.78, 5) is 11.6. The van der Waals surface area contributed by atoms with E-state index in [0.29, 0.717) is 6.42 Å². The summed E-state index contributed by atoms with van der Waals surface area (Å²) in [6.45, 7) is 3.38. The number of likely N-dealkylation sites (tertiary alicyclic amines) is 1. The fourth-order valence-corrected chi connectivity index (χ4v) is 3.15. The second kappa shape index (κ2) is 9.78. The van der Waals surface area contributed by atoms with Crippen molar-refractivity contribution >= 4 is 16.1 Å². The third-order valence-electron chi connectivity index (χ3n) is 4.00. The lowest BCUT2D eigenvalue weighted by molar-refractivity contribution is 0.118. The Morgan fingerprint density at radius 3 is 2.22 bits per heavy atom. The average molecular weight is 388 g/mol. The maximum atomic E-state index is 12.0. The van der Waals surface area contributed by atoms with Crippen LogP contribution < -0.4 is 4.72 Å². The first-order chi connectivity index (χ1) is 12.9. The Morgan fingerprint density at radius 1 is 1.11 bits per heavy atom. The van der Waals surface area contributed by atoms with Crippen molar-refractivity contribution in [2.45, 2.75) is 24.7 Å². The van der Waals surface area contributed by atoms with Crippen LogP contribution in [0.1, 0.15) is 17.5 Å². The van der Waals surface area contributed by atoms with Gasteiger partial charge in [0.15, 0.2) is 0 Å². The maximum Gasteiger partial charge on any atom is 0.407 e. The Bertz CT molecular complexity index is 859. The van der Waals surface area contributed by atoms with Crippen LogP contribution in [0.2, 0.25) is 0 Å². The zero-order valence-corrected chi connectivity index (χ0v) is 16.0. The molecule has 2 N–H and O–H groups in total. The van der Waals surface area contributed by atoms with Crippen molar-refractivity contribution in [3.05, 3.63) is 78.0 Å². The highest BCUT2D eigenvalue weighted by atomic mass is 32.2. The summed E-state index contributed by atoms with van der Waals surface area (Å²) in [6.07, 6.45) is 4.21. The molecule has 1 saturated heterocycles. The molecular weight excluding hydrogens is 364 g/mol. The van der Waals surface area contributed by atoms with Crippen molar-refractivity contribution in [3.8, 4) is 0 Å². The first-order valence-electron chi connectivity index (χ1n) is 8.64. The summed E-state index contributed by atoms with van der Waals surface area (Å²) in [6, 6.07) is 16.6. The molecule has 2 aromatic carbocycles. The Labute approximate surface area is 160 Å². The van der Waals surface area contributed by atoms with E-state index in [0.717, 1.165) is 30.6 Å². The van der Waals surface area contributed by atoms with Crippen molar-refractivity contribution in [1.82, 2.24) is 9.62 Å². The highest BCUT2D eigenvalue weighted by Crippen LogP contribution is 2.09. The van der Waals surface area contributed by atoms with Gasteiger partial charge in [-0.1, -0.05) is 54.1 Å². The SMILES string of the molecule is Cc1ccc(S(=O)(=O)NC=CCc2ccccc2)cc1.O=C(O)N1CCC1. The quantitative estimate of drug-likeness (QED) is 0.822. The molecule has 1 heterocycles. The molecule has 0 radical (unpaired) electrons. The van der Waals surface area contributed by atoms with Crippen molar-refractivity contribution in [1.29, 1.82) is 0 Å². The predicted octanol–water partition coefficient (Wildman–Crippen LogP) is 3.40. The first kappa shape index (κ1) is 20.5. The van der Waals surface area contributed by atoms with Crippen molar-refractivity contribution in [3.63, 3.8) is 0 Å². The third-order valence-corrected chi connectivity index (χ3v) is 5.33. The second-order valence-corrected chi connectivity index (χ2v) is 7.86. The van der Waals surface area contributed by atoms with E-state index in [9.17, 15) is 13.2 Å². The predicted molar refractivity (Wildman–Crippen MR) is 105 cm³/mol. The lowest BCUT2D eigenvalue weighted by atomic mass is 10.1. The minimum Gasteiger partial charge on any atom is -0.465 e. The number of aryl methyl sites for hydroxylation is 1. The standard InChI is InChI=1S/C16H17NO2S.C4H7NO2/c1-14-9-11-16(12-10-14)20(18,19)17-13-5-8-15-6-3-2-4-7-15;6-4(7)5-2-1-3-5/h2-7,9-13,17H,8H2,1H3;1-3H2,(H,6,7). The van der Waals surface area contributed by atoms with Gasteiger partial charge in [-0.25, -0.2) is 13.2 Å². The number of benzene rings is 2. The molecule has 1 aliphatic heterocycles. The summed E-state index contributed by atoms with van der Waals surface area (Å²) in [7, 11) is -3.47. The smallest absolute Gasteiger partial charge is 0.407 e. The molecule has 2 aromatic rings. The van der Waals surface area contributed by atoms with E-state index >= 15 is 0 Å². The fraction of sp³-hybridized carbons (Fsp3) is 0.250. The van der Waals surface area contributed by atoms with Crippen molar-refractivity contribution in [2.24, 2.45) is 0 Å². The molecule has 1 aliphatic rings. The number of carboxylic acid groups (broad SMARTS) is 1. The van der Waals surface area contributed by atoms with Gasteiger partial charge in [0.25, 0.3) is 10.0 Å². The van der Waals surface area contributed by atoms with Crippen LogP contribution in [-0.4, -0.2) is 37.6 Å². The molecule has 0 bridgehead atoms. The van der Waals surface area contributed by atoms with Crippen LogP contribution in [0.3, 0.4) is 0 Å². The Hall–Kier alpha value is -2.80. The molecule has 0 atom stereocenters. The second-order valence-electron chi connectivity index (χ2n) is 6.15. The molecule has 0 unspecified atom stereocenters. The van der Waals surface area contributed by atoms with Crippen LogP contribution in [0, 0.1) is 6.92 Å². The van der Waals surface area contributed by atoms with Gasteiger partial charge < -0.3 is 10.0 Å². The molecule has 3 rings (SSSR count). The van der Waals surface area contributed by atoms with Gasteiger partial charge in [0, 0.05) is 19.3 Å². The van der Waals surface area contributed by atoms with E-state index in [1.54, 1.807) is 30.3 Å². The fourth-order valence-electron chi connectivity index (χ4n) is 2.24. The van der Waals surface area contributed by atoms with Gasteiger partial charge in [-0.05, 0) is 37.5 Å². The number of hydrogen-bond acceptors (Lipinski definition) is 3. The monoisotopic (exact) mass is 388 g/mol. The zero-order valence-electron chi connectivity index (χ0n) is 15.2. The molecule has 144 valence electrons. The minimum atomic E-state index is -3.47. The van der Waals surface area contributed by atoms with Gasteiger partial charge >= 0.3 is 6.09 Å². The average Bonchev–Trinajstić information content (AvgIpc) is 2.59. The normalized spacial score (nSPS) is 13.4. The van der Waals surface area contributed by atoms with Gasteiger partial charge in [0.1, 0.15) is 0 Å². The summed E-state index contributed by atoms with van der Waals surface area (Å²) >= 11 is 0. The molecule has 0 aromatic heterocycles. The van der Waals surface area contributed by atoms with Crippen LogP contribution in [0.25, 0.3) is 0 Å². The first-order valence-corrected chi connectivity index (χ1v) is 10.1. The zero-order chi connectivity index (χ0) is 19.7. The molecule has 27 heavy (non-hydrogen) atoms. The summed E-state index contributed by atoms with van der Waals surface area (Å²) in [5.41, 5.74) is 2.17. The lowest BCUT2D eigenvalue weighted by Crippen LogP contribution is -2.40. The van der Waals surface area contributed by atoms with Crippen LogP contribution in [0.5, 0.6) is 0 Å². The van der Waals surface area contributed by atoms with Crippen LogP contribution in [0.15, 0.2) is 71.8 Å². The van der Waals surface area contributed by atoms with Gasteiger partial charge in [-0.15, -0.1) is 0 Å². The molecule has 1 fully saturated rings. The largest absolute Gasteiger partial charge is 0.465 e. The summed E-state index contributed by atoms with van der Waals surface area (Å²) in [5, 5.41) is 8.16. The molecule has 1 amide bonds. The van der Waals surface area contributed by atoms with Crippen molar-refractivity contribution in [2.75, 3.05) is 13.1 Å². The highest BCUT2D eigenvalue weighted by Gasteiger charge is 2.17. The van der Waals surface area contributed by atoms with E-state index in [2.05, 4.69) is 4.72 Å². The van der Waals surface area contributed by atoms with Gasteiger partial charge in [-0.2, -0.15) is 0 Å². The topological polar surface area (TPSA) is 86.7 Å². The Morgan fingerprint density at radius 2 is 1.74 bits per heavy atom. The Kier molecular flexibility index (Phi) is 7.43. The van der Waals surface area contributed by atoms with E-state index in [-0.39, 0.29) is 4.90 Å². The molecule has 0 aliphatic carbocycles. The number of rotatable bonds is 5. The number of hydrogen-bond donors (Lipinski definition) is 2. The number of carbonyl (C=O) groups is 1. The van der Waals surface area contributed by atoms with E-state index in [4.69, 9.17) is 5.11 Å².